The summed E-state index contributed by atoms with van der Waals surface area (Å²) >= 11 is 1.61. The van der Waals surface area contributed by atoms with Crippen LogP contribution >= 0.6 is 11.8 Å². The Morgan fingerprint density at radius 1 is 1.32 bits per heavy atom. The van der Waals surface area contributed by atoms with Crippen molar-refractivity contribution in [3.05, 3.63) is 24.3 Å². The molecule has 1 unspecified atom stereocenters. The third-order valence-electron chi connectivity index (χ3n) is 5.23. The van der Waals surface area contributed by atoms with Crippen molar-refractivity contribution >= 4 is 29.4 Å². The second-order valence-electron chi connectivity index (χ2n) is 7.07. The quantitative estimate of drug-likeness (QED) is 0.814. The molecule has 1 aliphatic heterocycles. The van der Waals surface area contributed by atoms with Gasteiger partial charge in [-0.2, -0.15) is 0 Å². The fraction of sp³-hybridized carbons (Fsp3) is 0.579. The average molecular weight is 362 g/mol. The van der Waals surface area contributed by atoms with Gasteiger partial charge in [-0.1, -0.05) is 25.0 Å². The zero-order valence-corrected chi connectivity index (χ0v) is 15.8. The number of nitrogens with one attached hydrogen (secondary N) is 1. The highest BCUT2D eigenvalue weighted by atomic mass is 32.2. The molecule has 6 heteroatoms. The highest BCUT2D eigenvalue weighted by Crippen LogP contribution is 2.30. The standard InChI is InChI=1S/C19H27N3O2S/c1-21(19(24)20-16-9-5-6-10-17(16)25-2)12-14-11-18(23)22(13-14)15-7-3-4-8-15/h5-6,9-10,14-15H,3-4,7-8,11-13H2,1-2H3,(H,20,24). The minimum Gasteiger partial charge on any atom is -0.339 e. The third-order valence-corrected chi connectivity index (χ3v) is 6.03. The van der Waals surface area contributed by atoms with Crippen molar-refractivity contribution in [1.82, 2.24) is 9.80 Å². The van der Waals surface area contributed by atoms with Crippen LogP contribution in [0, 0.1) is 5.92 Å². The molecule has 1 heterocycles. The first-order valence-corrected chi connectivity index (χ1v) is 10.3. The smallest absolute Gasteiger partial charge is 0.321 e. The van der Waals surface area contributed by atoms with Crippen LogP contribution in [-0.2, 0) is 4.79 Å². The van der Waals surface area contributed by atoms with Crippen LogP contribution in [0.25, 0.3) is 0 Å². The van der Waals surface area contributed by atoms with E-state index in [9.17, 15) is 9.59 Å². The van der Waals surface area contributed by atoms with Gasteiger partial charge in [0.25, 0.3) is 0 Å². The number of amides is 3. The number of likely N-dealkylation sites (tertiary alicyclic amines) is 1. The van der Waals surface area contributed by atoms with Gasteiger partial charge in [0.2, 0.25) is 5.91 Å². The molecule has 1 saturated heterocycles. The first kappa shape index (κ1) is 18.1. The molecule has 3 amide bonds. The Balaban J connectivity index is 1.54. The number of hydrogen-bond donors (Lipinski definition) is 1. The minimum atomic E-state index is -0.117. The summed E-state index contributed by atoms with van der Waals surface area (Å²) in [6.45, 7) is 1.41. The molecule has 1 aromatic carbocycles. The first-order valence-electron chi connectivity index (χ1n) is 9.03. The highest BCUT2D eigenvalue weighted by Gasteiger charge is 2.36. The molecule has 0 spiro atoms. The van der Waals surface area contributed by atoms with Gasteiger partial charge in [-0.25, -0.2) is 4.79 Å². The largest absolute Gasteiger partial charge is 0.339 e. The van der Waals surface area contributed by atoms with Crippen molar-refractivity contribution in [2.75, 3.05) is 31.7 Å². The third kappa shape index (κ3) is 4.29. The van der Waals surface area contributed by atoms with Crippen LogP contribution in [0.5, 0.6) is 0 Å². The molecule has 1 N–H and O–H groups in total. The number of urea groups is 1. The number of para-hydroxylation sites is 1. The van der Waals surface area contributed by atoms with Crippen molar-refractivity contribution in [2.45, 2.75) is 43.0 Å². The molecule has 2 fully saturated rings. The molecule has 1 atom stereocenters. The van der Waals surface area contributed by atoms with E-state index in [0.717, 1.165) is 30.0 Å². The van der Waals surface area contributed by atoms with Gasteiger partial charge in [0, 0.05) is 43.4 Å². The van der Waals surface area contributed by atoms with Gasteiger partial charge in [-0.15, -0.1) is 11.8 Å². The summed E-state index contributed by atoms with van der Waals surface area (Å²) in [5, 5.41) is 2.98. The lowest BCUT2D eigenvalue weighted by atomic mass is 10.1. The van der Waals surface area contributed by atoms with Gasteiger partial charge < -0.3 is 15.1 Å². The zero-order chi connectivity index (χ0) is 17.8. The fourth-order valence-electron chi connectivity index (χ4n) is 3.93. The van der Waals surface area contributed by atoms with Gasteiger partial charge in [-0.3, -0.25) is 4.79 Å². The van der Waals surface area contributed by atoms with Gasteiger partial charge in [0.05, 0.1) is 5.69 Å². The number of anilines is 1. The van der Waals surface area contributed by atoms with Crippen LogP contribution in [0.15, 0.2) is 29.2 Å². The molecule has 1 saturated carbocycles. The maximum atomic E-state index is 12.5. The van der Waals surface area contributed by atoms with Crippen molar-refractivity contribution in [1.29, 1.82) is 0 Å². The molecular weight excluding hydrogens is 334 g/mol. The fourth-order valence-corrected chi connectivity index (χ4v) is 4.48. The van der Waals surface area contributed by atoms with Gasteiger partial charge >= 0.3 is 6.03 Å². The maximum Gasteiger partial charge on any atom is 0.321 e. The first-order chi connectivity index (χ1) is 12.1. The molecule has 5 nitrogen and oxygen atoms in total. The van der Waals surface area contributed by atoms with Gasteiger partial charge in [-0.05, 0) is 31.2 Å². The Kier molecular flexibility index (Phi) is 5.89. The van der Waals surface area contributed by atoms with E-state index in [1.807, 2.05) is 30.5 Å². The summed E-state index contributed by atoms with van der Waals surface area (Å²) < 4.78 is 0. The molecular formula is C19H27N3O2S. The van der Waals surface area contributed by atoms with Crippen molar-refractivity contribution in [3.63, 3.8) is 0 Å². The Morgan fingerprint density at radius 2 is 2.04 bits per heavy atom. The average Bonchev–Trinajstić information content (AvgIpc) is 3.24. The monoisotopic (exact) mass is 361 g/mol. The normalized spacial score (nSPS) is 21.0. The summed E-state index contributed by atoms with van der Waals surface area (Å²) in [7, 11) is 1.81. The highest BCUT2D eigenvalue weighted by molar-refractivity contribution is 7.98. The molecule has 1 aromatic rings. The topological polar surface area (TPSA) is 52.7 Å². The molecule has 3 rings (SSSR count). The van der Waals surface area contributed by atoms with E-state index in [-0.39, 0.29) is 17.9 Å². The number of carbonyl (C=O) groups excluding carboxylic acids is 2. The second-order valence-corrected chi connectivity index (χ2v) is 7.91. The lowest BCUT2D eigenvalue weighted by molar-refractivity contribution is -0.129. The SMILES string of the molecule is CSc1ccccc1NC(=O)N(C)CC1CC(=O)N(C2CCCC2)C1. The molecule has 0 bridgehead atoms. The van der Waals surface area contributed by atoms with Crippen molar-refractivity contribution in [3.8, 4) is 0 Å². The molecule has 1 aliphatic carbocycles. The lowest BCUT2D eigenvalue weighted by Gasteiger charge is -2.25. The Hall–Kier alpha value is -1.69. The number of rotatable bonds is 5. The summed E-state index contributed by atoms with van der Waals surface area (Å²) in [4.78, 5) is 29.6. The number of nitrogens with zero attached hydrogens (tertiary/aromatic N) is 2. The van der Waals surface area contributed by atoms with Gasteiger partial charge in [0.1, 0.15) is 0 Å². The van der Waals surface area contributed by atoms with Crippen LogP contribution in [0.2, 0.25) is 0 Å². The Bertz CT molecular complexity index is 631. The molecule has 25 heavy (non-hydrogen) atoms. The molecule has 0 radical (unpaired) electrons. The number of thioether (sulfide) groups is 1. The summed E-state index contributed by atoms with van der Waals surface area (Å²) in [5.41, 5.74) is 0.835. The van der Waals surface area contributed by atoms with Crippen LogP contribution in [0.1, 0.15) is 32.1 Å². The lowest BCUT2D eigenvalue weighted by Crippen LogP contribution is -2.38. The minimum absolute atomic E-state index is 0.117. The number of benzene rings is 1. The summed E-state index contributed by atoms with van der Waals surface area (Å²) in [5.74, 6) is 0.498. The van der Waals surface area contributed by atoms with Crippen LogP contribution in [-0.4, -0.2) is 54.2 Å². The predicted octanol–water partition coefficient (Wildman–Crippen LogP) is 3.66. The van der Waals surface area contributed by atoms with E-state index in [2.05, 4.69) is 10.2 Å². The van der Waals surface area contributed by atoms with E-state index in [1.165, 1.54) is 12.8 Å². The van der Waals surface area contributed by atoms with E-state index in [1.54, 1.807) is 23.7 Å². The number of hydrogen-bond acceptors (Lipinski definition) is 3. The Labute approximate surface area is 154 Å². The summed E-state index contributed by atoms with van der Waals surface area (Å²) in [6.07, 6.45) is 7.30. The van der Waals surface area contributed by atoms with Crippen molar-refractivity contribution in [2.24, 2.45) is 5.92 Å². The van der Waals surface area contributed by atoms with E-state index in [0.29, 0.717) is 19.0 Å². The van der Waals surface area contributed by atoms with Crippen LogP contribution in [0.4, 0.5) is 10.5 Å². The molecule has 136 valence electrons. The van der Waals surface area contributed by atoms with Crippen molar-refractivity contribution < 1.29 is 9.59 Å². The Morgan fingerprint density at radius 3 is 2.76 bits per heavy atom. The summed E-state index contributed by atoms with van der Waals surface area (Å²) in [6, 6.07) is 8.11. The second kappa shape index (κ2) is 8.13. The molecule has 0 aromatic heterocycles. The zero-order valence-electron chi connectivity index (χ0n) is 15.0. The van der Waals surface area contributed by atoms with E-state index in [4.69, 9.17) is 0 Å². The number of carbonyl (C=O) groups is 2. The maximum absolute atomic E-state index is 12.5. The van der Waals surface area contributed by atoms with Crippen LogP contribution < -0.4 is 5.32 Å². The van der Waals surface area contributed by atoms with Gasteiger partial charge in [0.15, 0.2) is 0 Å². The van der Waals surface area contributed by atoms with E-state index < -0.39 is 0 Å². The molecule has 2 aliphatic rings. The van der Waals surface area contributed by atoms with E-state index >= 15 is 0 Å². The predicted molar refractivity (Wildman–Crippen MR) is 102 cm³/mol. The van der Waals surface area contributed by atoms with Crippen LogP contribution in [0.3, 0.4) is 0 Å².